The van der Waals surface area contributed by atoms with Crippen LogP contribution in [0.4, 0.5) is 0 Å². The van der Waals surface area contributed by atoms with Gasteiger partial charge in [0.2, 0.25) is 0 Å². The van der Waals surface area contributed by atoms with E-state index in [1.807, 2.05) is 18.2 Å². The summed E-state index contributed by atoms with van der Waals surface area (Å²) in [6, 6.07) is 14.8. The Morgan fingerprint density at radius 2 is 1.35 bits per heavy atom. The topological polar surface area (TPSA) is 25.8 Å². The summed E-state index contributed by atoms with van der Waals surface area (Å²) in [5.74, 6) is 0. The molecule has 0 aliphatic heterocycles. The van der Waals surface area contributed by atoms with Crippen molar-refractivity contribution in [3.05, 3.63) is 79.9 Å². The fraction of sp³-hybridized carbons (Fsp3) is 0.182. The van der Waals surface area contributed by atoms with Gasteiger partial charge in [-0.15, -0.1) is 22.7 Å². The molecular formula is C22H20N2S2. The first-order chi connectivity index (χ1) is 12.6. The summed E-state index contributed by atoms with van der Waals surface area (Å²) < 4.78 is 0. The normalized spacial score (nSPS) is 11.0. The molecule has 2 heterocycles. The SMILES string of the molecule is Cc1cc(C)c(-c2csc(Cc3nc(-c4ccccc4)cs3)n2)cc1C. The van der Waals surface area contributed by atoms with Crippen LogP contribution in [0.2, 0.25) is 0 Å². The average molecular weight is 377 g/mol. The van der Waals surface area contributed by atoms with Gasteiger partial charge in [-0.1, -0.05) is 36.4 Å². The number of nitrogens with zero attached hydrogens (tertiary/aromatic N) is 2. The highest BCUT2D eigenvalue weighted by molar-refractivity contribution is 7.11. The monoisotopic (exact) mass is 376 g/mol. The number of hydrogen-bond donors (Lipinski definition) is 0. The van der Waals surface area contributed by atoms with E-state index in [0.717, 1.165) is 27.8 Å². The van der Waals surface area contributed by atoms with Crippen LogP contribution >= 0.6 is 22.7 Å². The van der Waals surface area contributed by atoms with Crippen LogP contribution in [0.25, 0.3) is 22.5 Å². The third kappa shape index (κ3) is 3.48. The van der Waals surface area contributed by atoms with Crippen molar-refractivity contribution < 1.29 is 0 Å². The first-order valence-corrected chi connectivity index (χ1v) is 10.4. The highest BCUT2D eigenvalue weighted by Crippen LogP contribution is 2.29. The second kappa shape index (κ2) is 7.14. The molecule has 0 saturated carbocycles. The van der Waals surface area contributed by atoms with Crippen molar-refractivity contribution in [3.63, 3.8) is 0 Å². The number of thiazole rings is 2. The molecule has 0 bridgehead atoms. The van der Waals surface area contributed by atoms with E-state index in [-0.39, 0.29) is 0 Å². The molecular weight excluding hydrogens is 356 g/mol. The Balaban J connectivity index is 1.56. The first-order valence-electron chi connectivity index (χ1n) is 8.62. The minimum absolute atomic E-state index is 0.798. The Morgan fingerprint density at radius 3 is 2.08 bits per heavy atom. The molecule has 0 saturated heterocycles. The Morgan fingerprint density at radius 1 is 0.731 bits per heavy atom. The van der Waals surface area contributed by atoms with Gasteiger partial charge in [0, 0.05) is 21.9 Å². The number of hydrogen-bond acceptors (Lipinski definition) is 4. The maximum absolute atomic E-state index is 4.87. The fourth-order valence-corrected chi connectivity index (χ4v) is 4.71. The van der Waals surface area contributed by atoms with Gasteiger partial charge in [-0.2, -0.15) is 0 Å². The van der Waals surface area contributed by atoms with Gasteiger partial charge in [-0.3, -0.25) is 0 Å². The number of aromatic nitrogens is 2. The van der Waals surface area contributed by atoms with E-state index in [4.69, 9.17) is 9.97 Å². The summed E-state index contributed by atoms with van der Waals surface area (Å²) in [5, 5.41) is 6.53. The molecule has 0 atom stereocenters. The highest BCUT2D eigenvalue weighted by atomic mass is 32.1. The summed E-state index contributed by atoms with van der Waals surface area (Å²) in [6.07, 6.45) is 0.798. The zero-order valence-corrected chi connectivity index (χ0v) is 16.7. The molecule has 4 aromatic rings. The van der Waals surface area contributed by atoms with Crippen molar-refractivity contribution in [2.75, 3.05) is 0 Å². The number of aryl methyl sites for hydroxylation is 3. The molecule has 2 nitrogen and oxygen atoms in total. The van der Waals surface area contributed by atoms with Crippen LogP contribution in [0, 0.1) is 20.8 Å². The third-order valence-corrected chi connectivity index (χ3v) is 6.29. The van der Waals surface area contributed by atoms with Crippen molar-refractivity contribution in [2.45, 2.75) is 27.2 Å². The van der Waals surface area contributed by atoms with Gasteiger partial charge in [-0.25, -0.2) is 9.97 Å². The lowest BCUT2D eigenvalue weighted by Crippen LogP contribution is -1.91. The number of rotatable bonds is 4. The molecule has 26 heavy (non-hydrogen) atoms. The minimum atomic E-state index is 0.798. The van der Waals surface area contributed by atoms with E-state index >= 15 is 0 Å². The maximum atomic E-state index is 4.87. The highest BCUT2D eigenvalue weighted by Gasteiger charge is 2.11. The van der Waals surface area contributed by atoms with Crippen LogP contribution < -0.4 is 0 Å². The largest absolute Gasteiger partial charge is 0.241 e. The zero-order chi connectivity index (χ0) is 18.1. The predicted molar refractivity (Wildman–Crippen MR) is 112 cm³/mol. The molecule has 2 aromatic heterocycles. The standard InChI is InChI=1S/C22H20N2S2/c1-14-9-16(3)18(10-15(14)2)20-13-26-22(24-20)11-21-23-19(12-25-21)17-7-5-4-6-8-17/h4-10,12-13H,11H2,1-3H3. The van der Waals surface area contributed by atoms with Crippen LogP contribution in [0.3, 0.4) is 0 Å². The molecule has 0 aliphatic carbocycles. The van der Waals surface area contributed by atoms with Gasteiger partial charge in [0.25, 0.3) is 0 Å². The Kier molecular flexibility index (Phi) is 4.70. The molecule has 4 rings (SSSR count). The van der Waals surface area contributed by atoms with E-state index in [1.165, 1.54) is 27.8 Å². The molecule has 4 heteroatoms. The van der Waals surface area contributed by atoms with Crippen molar-refractivity contribution in [3.8, 4) is 22.5 Å². The van der Waals surface area contributed by atoms with Crippen molar-refractivity contribution in [1.29, 1.82) is 0 Å². The molecule has 0 amide bonds. The van der Waals surface area contributed by atoms with Gasteiger partial charge in [0.15, 0.2) is 0 Å². The molecule has 0 unspecified atom stereocenters. The lowest BCUT2D eigenvalue weighted by Gasteiger charge is -2.07. The molecule has 130 valence electrons. The summed E-state index contributed by atoms with van der Waals surface area (Å²) in [6.45, 7) is 6.48. The Labute approximate surface area is 162 Å². The van der Waals surface area contributed by atoms with E-state index < -0.39 is 0 Å². The van der Waals surface area contributed by atoms with E-state index in [1.54, 1.807) is 22.7 Å². The average Bonchev–Trinajstić information content (AvgIpc) is 3.29. The molecule has 2 aromatic carbocycles. The van der Waals surface area contributed by atoms with Gasteiger partial charge in [-0.05, 0) is 43.5 Å². The van der Waals surface area contributed by atoms with Gasteiger partial charge >= 0.3 is 0 Å². The van der Waals surface area contributed by atoms with E-state index in [9.17, 15) is 0 Å². The molecule has 0 radical (unpaired) electrons. The predicted octanol–water partition coefficient (Wildman–Crippen LogP) is 6.45. The minimum Gasteiger partial charge on any atom is -0.241 e. The lowest BCUT2D eigenvalue weighted by molar-refractivity contribution is 1.10. The van der Waals surface area contributed by atoms with Crippen LogP contribution in [0.5, 0.6) is 0 Å². The maximum Gasteiger partial charge on any atom is 0.100 e. The van der Waals surface area contributed by atoms with Crippen molar-refractivity contribution >= 4 is 22.7 Å². The van der Waals surface area contributed by atoms with Crippen LogP contribution in [-0.2, 0) is 6.42 Å². The Hall–Kier alpha value is -2.30. The summed E-state index contributed by atoms with van der Waals surface area (Å²) in [4.78, 5) is 9.66. The quantitative estimate of drug-likeness (QED) is 0.409. The summed E-state index contributed by atoms with van der Waals surface area (Å²) in [5.41, 5.74) is 8.45. The van der Waals surface area contributed by atoms with Gasteiger partial charge < -0.3 is 0 Å². The third-order valence-electron chi connectivity index (χ3n) is 4.59. The second-order valence-electron chi connectivity index (χ2n) is 6.55. The van der Waals surface area contributed by atoms with Crippen molar-refractivity contribution in [2.24, 2.45) is 0 Å². The second-order valence-corrected chi connectivity index (χ2v) is 8.43. The van der Waals surface area contributed by atoms with E-state index in [0.29, 0.717) is 0 Å². The Bertz CT molecular complexity index is 1050. The number of benzene rings is 2. The molecule has 0 fully saturated rings. The van der Waals surface area contributed by atoms with E-state index in [2.05, 4.69) is 55.8 Å². The fourth-order valence-electron chi connectivity index (χ4n) is 3.02. The lowest BCUT2D eigenvalue weighted by atomic mass is 9.99. The van der Waals surface area contributed by atoms with Gasteiger partial charge in [0.1, 0.15) is 10.0 Å². The van der Waals surface area contributed by atoms with Crippen LogP contribution in [-0.4, -0.2) is 9.97 Å². The molecule has 0 spiro atoms. The summed E-state index contributed by atoms with van der Waals surface area (Å²) >= 11 is 3.43. The smallest absolute Gasteiger partial charge is 0.100 e. The van der Waals surface area contributed by atoms with Crippen LogP contribution in [0.15, 0.2) is 53.2 Å². The summed E-state index contributed by atoms with van der Waals surface area (Å²) in [7, 11) is 0. The van der Waals surface area contributed by atoms with Crippen LogP contribution in [0.1, 0.15) is 26.7 Å². The zero-order valence-electron chi connectivity index (χ0n) is 15.1. The van der Waals surface area contributed by atoms with Gasteiger partial charge in [0.05, 0.1) is 17.8 Å². The molecule has 0 aliphatic rings. The van der Waals surface area contributed by atoms with Crippen molar-refractivity contribution in [1.82, 2.24) is 9.97 Å². The molecule has 0 N–H and O–H groups in total. The first kappa shape index (κ1) is 17.1.